The molecular formula is C19H22N4OS2. The number of nitrogens with zero attached hydrogens (tertiary/aromatic N) is 3. The Morgan fingerprint density at radius 3 is 2.77 bits per heavy atom. The molecule has 26 heavy (non-hydrogen) atoms. The van der Waals surface area contributed by atoms with Crippen molar-refractivity contribution in [2.24, 2.45) is 11.0 Å². The van der Waals surface area contributed by atoms with Crippen molar-refractivity contribution in [1.82, 2.24) is 10.3 Å². The van der Waals surface area contributed by atoms with Crippen LogP contribution in [0, 0.1) is 12.8 Å². The Bertz CT molecular complexity index is 843. The van der Waals surface area contributed by atoms with Crippen molar-refractivity contribution in [2.75, 3.05) is 11.4 Å². The highest BCUT2D eigenvalue weighted by molar-refractivity contribution is 8.13. The highest BCUT2D eigenvalue weighted by Gasteiger charge is 2.43. The number of carbonyl (C=O) groups excluding carboxylic acids is 1. The molecule has 136 valence electrons. The van der Waals surface area contributed by atoms with E-state index in [4.69, 9.17) is 0 Å². The van der Waals surface area contributed by atoms with E-state index >= 15 is 0 Å². The molecule has 1 N–H and O–H groups in total. The van der Waals surface area contributed by atoms with Gasteiger partial charge in [0.15, 0.2) is 5.17 Å². The fraction of sp³-hybridized carbons (Fsp3) is 0.368. The van der Waals surface area contributed by atoms with Crippen LogP contribution in [0.25, 0.3) is 0 Å². The van der Waals surface area contributed by atoms with Crippen LogP contribution >= 0.6 is 23.1 Å². The summed E-state index contributed by atoms with van der Waals surface area (Å²) >= 11 is 3.20. The van der Waals surface area contributed by atoms with E-state index < -0.39 is 0 Å². The summed E-state index contributed by atoms with van der Waals surface area (Å²) in [6.07, 6.45) is -0.229. The summed E-state index contributed by atoms with van der Waals surface area (Å²) in [5, 5.41) is 7.45. The Morgan fingerprint density at radius 2 is 2.04 bits per heavy atom. The van der Waals surface area contributed by atoms with E-state index in [0.29, 0.717) is 12.5 Å². The number of hydrogen-bond donors (Lipinski definition) is 1. The maximum Gasteiger partial charge on any atom is 0.269 e. The third-order valence-electron chi connectivity index (χ3n) is 4.43. The number of aryl methyl sites for hydroxylation is 1. The second kappa shape index (κ2) is 6.96. The second-order valence-electron chi connectivity index (χ2n) is 7.03. The normalized spacial score (nSPS) is 18.7. The van der Waals surface area contributed by atoms with Gasteiger partial charge in [-0.3, -0.25) is 20.0 Å². The number of carbonyl (C=O) groups is 1. The van der Waals surface area contributed by atoms with Crippen LogP contribution in [-0.4, -0.2) is 28.8 Å². The number of thiophene rings is 1. The van der Waals surface area contributed by atoms with E-state index in [1.54, 1.807) is 11.8 Å². The summed E-state index contributed by atoms with van der Waals surface area (Å²) in [5.41, 5.74) is 6.67. The number of hydrazone groups is 1. The molecule has 1 amide bonds. The number of amides is 1. The van der Waals surface area contributed by atoms with Gasteiger partial charge in [-0.05, 0) is 29.9 Å². The van der Waals surface area contributed by atoms with Gasteiger partial charge in [0.25, 0.3) is 5.91 Å². The lowest BCUT2D eigenvalue weighted by Gasteiger charge is -2.40. The molecule has 7 heteroatoms. The quantitative estimate of drug-likeness (QED) is 0.861. The lowest BCUT2D eigenvalue weighted by molar-refractivity contribution is 0.0619. The van der Waals surface area contributed by atoms with Crippen molar-refractivity contribution < 1.29 is 4.79 Å². The molecule has 1 aromatic heterocycles. The van der Waals surface area contributed by atoms with E-state index in [-0.39, 0.29) is 12.2 Å². The third kappa shape index (κ3) is 3.10. The Labute approximate surface area is 162 Å². The zero-order valence-electron chi connectivity index (χ0n) is 15.1. The van der Waals surface area contributed by atoms with Crippen molar-refractivity contribution in [2.45, 2.75) is 32.8 Å². The highest BCUT2D eigenvalue weighted by Crippen LogP contribution is 2.38. The molecule has 0 saturated heterocycles. The minimum atomic E-state index is -0.229. The number of rotatable bonds is 4. The molecule has 1 aromatic carbocycles. The monoisotopic (exact) mass is 386 g/mol. The van der Waals surface area contributed by atoms with Crippen molar-refractivity contribution >= 4 is 39.9 Å². The van der Waals surface area contributed by atoms with Crippen LogP contribution in [0.15, 0.2) is 40.8 Å². The van der Waals surface area contributed by atoms with Gasteiger partial charge in [0.2, 0.25) is 6.29 Å². The number of thioether (sulfide) groups is 1. The number of amidine groups is 1. The minimum Gasteiger partial charge on any atom is -0.298 e. The van der Waals surface area contributed by atoms with Crippen molar-refractivity contribution in [3.63, 3.8) is 0 Å². The smallest absolute Gasteiger partial charge is 0.269 e. The maximum atomic E-state index is 12.9. The number of fused-ring (bicyclic) bond motifs is 3. The van der Waals surface area contributed by atoms with E-state index in [2.05, 4.69) is 60.5 Å². The van der Waals surface area contributed by atoms with Gasteiger partial charge in [-0.15, -0.1) is 11.3 Å². The molecule has 1 atom stereocenters. The zero-order chi connectivity index (χ0) is 18.3. The average Bonchev–Trinajstić information content (AvgIpc) is 3.24. The lowest BCUT2D eigenvalue weighted by Crippen LogP contribution is -2.58. The molecule has 2 aliphatic heterocycles. The van der Waals surface area contributed by atoms with Crippen molar-refractivity contribution in [3.05, 3.63) is 51.7 Å². The molecule has 2 aliphatic rings. The highest BCUT2D eigenvalue weighted by atomic mass is 32.2. The molecule has 1 unspecified atom stereocenters. The largest absolute Gasteiger partial charge is 0.298 e. The number of anilines is 1. The molecule has 0 saturated carbocycles. The second-order valence-corrected chi connectivity index (χ2v) is 8.89. The van der Waals surface area contributed by atoms with Gasteiger partial charge in [-0.1, -0.05) is 55.4 Å². The molecule has 3 heterocycles. The van der Waals surface area contributed by atoms with Crippen LogP contribution < -0.4 is 10.3 Å². The van der Waals surface area contributed by atoms with Crippen LogP contribution in [0.3, 0.4) is 0 Å². The number of benzene rings is 1. The van der Waals surface area contributed by atoms with E-state index in [1.807, 2.05) is 16.3 Å². The first kappa shape index (κ1) is 17.4. The molecule has 4 rings (SSSR count). The van der Waals surface area contributed by atoms with Crippen LogP contribution in [0.5, 0.6) is 0 Å². The van der Waals surface area contributed by atoms with Gasteiger partial charge in [0.05, 0.1) is 5.69 Å². The van der Waals surface area contributed by atoms with Gasteiger partial charge in [0.1, 0.15) is 4.88 Å². The van der Waals surface area contributed by atoms with Gasteiger partial charge >= 0.3 is 0 Å². The zero-order valence-corrected chi connectivity index (χ0v) is 16.7. The predicted molar refractivity (Wildman–Crippen MR) is 110 cm³/mol. The third-order valence-corrected chi connectivity index (χ3v) is 6.35. The van der Waals surface area contributed by atoms with Crippen LogP contribution in [0.1, 0.15) is 34.6 Å². The fourth-order valence-electron chi connectivity index (χ4n) is 3.18. The average molecular weight is 387 g/mol. The van der Waals surface area contributed by atoms with Gasteiger partial charge < -0.3 is 0 Å². The summed E-state index contributed by atoms with van der Waals surface area (Å²) in [7, 11) is 0. The van der Waals surface area contributed by atoms with Crippen molar-refractivity contribution in [1.29, 1.82) is 0 Å². The topological polar surface area (TPSA) is 47.9 Å². The Balaban J connectivity index is 1.57. The minimum absolute atomic E-state index is 0.0948. The standard InChI is InChI=1S/C19H22N4OS2/c1-12(2)10-22-17(24)16-15(8-9-25-16)23-18(22)20-21-19(23)26-11-14-6-4-13(3)5-7-14/h4-9,12,18,20H,10-11H2,1-3H3. The summed E-state index contributed by atoms with van der Waals surface area (Å²) < 4.78 is 0. The first-order valence-electron chi connectivity index (χ1n) is 8.74. The maximum absolute atomic E-state index is 12.9. The predicted octanol–water partition coefficient (Wildman–Crippen LogP) is 4.07. The van der Waals surface area contributed by atoms with Gasteiger partial charge in [-0.2, -0.15) is 5.10 Å². The van der Waals surface area contributed by atoms with E-state index in [9.17, 15) is 4.79 Å². The summed E-state index contributed by atoms with van der Waals surface area (Å²) in [6.45, 7) is 7.06. The first-order chi connectivity index (χ1) is 12.5. The molecule has 0 bridgehead atoms. The van der Waals surface area contributed by atoms with Gasteiger partial charge in [-0.25, -0.2) is 0 Å². The Kier molecular flexibility index (Phi) is 4.67. The SMILES string of the molecule is Cc1ccc(CSC2=NNC3N(CC(C)C)C(=O)c4sccc4N23)cc1. The van der Waals surface area contributed by atoms with Gasteiger partial charge in [0, 0.05) is 12.3 Å². The lowest BCUT2D eigenvalue weighted by atomic mass is 10.1. The molecule has 0 fully saturated rings. The molecule has 2 aromatic rings. The molecular weight excluding hydrogens is 364 g/mol. The Morgan fingerprint density at radius 1 is 1.27 bits per heavy atom. The van der Waals surface area contributed by atoms with Crippen LogP contribution in [0.4, 0.5) is 5.69 Å². The number of hydrogen-bond acceptors (Lipinski definition) is 6. The van der Waals surface area contributed by atoms with Crippen LogP contribution in [-0.2, 0) is 5.75 Å². The Hall–Kier alpha value is -1.99. The molecule has 0 aliphatic carbocycles. The van der Waals surface area contributed by atoms with Crippen molar-refractivity contribution in [3.8, 4) is 0 Å². The van der Waals surface area contributed by atoms with E-state index in [1.165, 1.54) is 22.5 Å². The van der Waals surface area contributed by atoms with E-state index in [0.717, 1.165) is 21.5 Å². The summed E-state index contributed by atoms with van der Waals surface area (Å²) in [6, 6.07) is 10.6. The molecule has 5 nitrogen and oxygen atoms in total. The molecule has 0 radical (unpaired) electrons. The number of nitrogens with one attached hydrogen (secondary N) is 1. The molecule has 0 spiro atoms. The summed E-state index contributed by atoms with van der Waals surface area (Å²) in [4.78, 5) is 17.7. The fourth-order valence-corrected chi connectivity index (χ4v) is 4.96. The first-order valence-corrected chi connectivity index (χ1v) is 10.6. The van der Waals surface area contributed by atoms with Crippen LogP contribution in [0.2, 0.25) is 0 Å². The summed E-state index contributed by atoms with van der Waals surface area (Å²) in [5.74, 6) is 1.34.